The third-order valence-electron chi connectivity index (χ3n) is 4.45. The van der Waals surface area contributed by atoms with Crippen molar-refractivity contribution in [1.29, 1.82) is 0 Å². The Labute approximate surface area is 183 Å². The zero-order valence-electron chi connectivity index (χ0n) is 16.5. The first-order valence-electron chi connectivity index (χ1n) is 9.10. The normalized spacial score (nSPS) is 14.9. The van der Waals surface area contributed by atoms with E-state index in [9.17, 15) is 18.0 Å². The van der Waals surface area contributed by atoms with Crippen LogP contribution in [-0.4, -0.2) is 62.9 Å². The molecule has 1 amide bonds. The van der Waals surface area contributed by atoms with Gasteiger partial charge in [0, 0.05) is 30.3 Å². The molecule has 2 aromatic rings. The third-order valence-corrected chi connectivity index (χ3v) is 8.38. The summed E-state index contributed by atoms with van der Waals surface area (Å²) in [6.45, 7) is 2.44. The van der Waals surface area contributed by atoms with Crippen molar-refractivity contribution in [2.75, 3.05) is 43.6 Å². The largest absolute Gasteiger partial charge is 0.482 e. The minimum absolute atomic E-state index is 0.0348. The summed E-state index contributed by atoms with van der Waals surface area (Å²) in [5, 5.41) is 4.38. The standard InChI is InChI=1S/C19H22N2O6S3/c1-13-11-14(27-12-17(22)26-2)3-4-15(13)20-19(23)18-16(5-8-29-18)30(24,25)21-6-9-28-10-7-21/h3-5,8,11H,6-7,9-10,12H2,1-2H3,(H,20,23). The molecule has 0 unspecified atom stereocenters. The molecule has 11 heteroatoms. The number of aryl methyl sites for hydroxylation is 1. The molecule has 8 nitrogen and oxygen atoms in total. The molecule has 1 N–H and O–H groups in total. The molecule has 0 saturated carbocycles. The van der Waals surface area contributed by atoms with Crippen LogP contribution in [0.2, 0.25) is 0 Å². The first-order chi connectivity index (χ1) is 14.3. The Balaban J connectivity index is 1.74. The van der Waals surface area contributed by atoms with Gasteiger partial charge in [0.2, 0.25) is 10.0 Å². The first-order valence-corrected chi connectivity index (χ1v) is 12.6. The van der Waals surface area contributed by atoms with Crippen molar-refractivity contribution in [2.24, 2.45) is 0 Å². The summed E-state index contributed by atoms with van der Waals surface area (Å²) in [5.41, 5.74) is 1.23. The molecular formula is C19H22N2O6S3. The van der Waals surface area contributed by atoms with Crippen LogP contribution in [0.4, 0.5) is 5.69 Å². The summed E-state index contributed by atoms with van der Waals surface area (Å²) in [7, 11) is -2.44. The molecule has 3 rings (SSSR count). The van der Waals surface area contributed by atoms with E-state index >= 15 is 0 Å². The summed E-state index contributed by atoms with van der Waals surface area (Å²) >= 11 is 2.81. The van der Waals surface area contributed by atoms with Gasteiger partial charge in [0.1, 0.15) is 15.5 Å². The maximum absolute atomic E-state index is 13.0. The number of carbonyl (C=O) groups excluding carboxylic acids is 2. The minimum atomic E-state index is -3.72. The van der Waals surface area contributed by atoms with Gasteiger partial charge in [-0.05, 0) is 42.1 Å². The second-order valence-corrected chi connectivity index (χ2v) is 10.5. The first kappa shape index (κ1) is 22.6. The van der Waals surface area contributed by atoms with Gasteiger partial charge in [-0.3, -0.25) is 4.79 Å². The molecule has 1 saturated heterocycles. The quantitative estimate of drug-likeness (QED) is 0.621. The Bertz CT molecular complexity index is 1030. The van der Waals surface area contributed by atoms with Gasteiger partial charge in [-0.1, -0.05) is 0 Å². The molecule has 1 aromatic heterocycles. The van der Waals surface area contributed by atoms with E-state index in [-0.39, 0.29) is 16.4 Å². The molecule has 0 radical (unpaired) electrons. The van der Waals surface area contributed by atoms with Gasteiger partial charge < -0.3 is 14.8 Å². The predicted octanol–water partition coefficient (Wildman–Crippen LogP) is 2.60. The Morgan fingerprint density at radius 1 is 1.20 bits per heavy atom. The number of anilines is 1. The summed E-state index contributed by atoms with van der Waals surface area (Å²) in [6.07, 6.45) is 0. The molecule has 1 fully saturated rings. The zero-order valence-corrected chi connectivity index (χ0v) is 19.0. The van der Waals surface area contributed by atoms with E-state index in [1.807, 2.05) is 0 Å². The molecule has 162 valence electrons. The fraction of sp³-hybridized carbons (Fsp3) is 0.368. The lowest BCUT2D eigenvalue weighted by atomic mass is 10.2. The molecule has 30 heavy (non-hydrogen) atoms. The number of benzene rings is 1. The number of methoxy groups -OCH3 is 1. The van der Waals surface area contributed by atoms with Crippen LogP contribution in [0.3, 0.4) is 0 Å². The van der Waals surface area contributed by atoms with Crippen molar-refractivity contribution in [2.45, 2.75) is 11.8 Å². The van der Waals surface area contributed by atoms with Crippen molar-refractivity contribution >= 4 is 50.7 Å². The van der Waals surface area contributed by atoms with E-state index in [0.29, 0.717) is 30.1 Å². The number of amides is 1. The van der Waals surface area contributed by atoms with Gasteiger partial charge in [-0.2, -0.15) is 16.1 Å². The molecule has 1 aromatic carbocycles. The van der Waals surface area contributed by atoms with Crippen molar-refractivity contribution in [3.8, 4) is 5.75 Å². The summed E-state index contributed by atoms with van der Waals surface area (Å²) < 4.78 is 37.2. The number of carbonyl (C=O) groups is 2. The molecule has 1 aliphatic rings. The summed E-state index contributed by atoms with van der Waals surface area (Å²) in [4.78, 5) is 24.2. The summed E-state index contributed by atoms with van der Waals surface area (Å²) in [6, 6.07) is 6.41. The maximum Gasteiger partial charge on any atom is 0.343 e. The lowest BCUT2D eigenvalue weighted by Crippen LogP contribution is -2.38. The SMILES string of the molecule is COC(=O)COc1ccc(NC(=O)c2sccc2S(=O)(=O)N2CCSCC2)c(C)c1. The van der Waals surface area contributed by atoms with Gasteiger partial charge >= 0.3 is 5.97 Å². The Morgan fingerprint density at radius 2 is 1.93 bits per heavy atom. The van der Waals surface area contributed by atoms with Gasteiger partial charge in [0.05, 0.1) is 7.11 Å². The van der Waals surface area contributed by atoms with Crippen LogP contribution >= 0.6 is 23.1 Å². The average molecular weight is 471 g/mol. The number of hydrogen-bond donors (Lipinski definition) is 1. The number of hydrogen-bond acceptors (Lipinski definition) is 8. The zero-order chi connectivity index (χ0) is 21.7. The molecule has 2 heterocycles. The van der Waals surface area contributed by atoms with E-state index in [4.69, 9.17) is 4.74 Å². The molecule has 0 spiro atoms. The predicted molar refractivity (Wildman–Crippen MR) is 117 cm³/mol. The topological polar surface area (TPSA) is 102 Å². The number of thioether (sulfide) groups is 1. The van der Waals surface area contributed by atoms with Crippen molar-refractivity contribution in [3.05, 3.63) is 40.1 Å². The van der Waals surface area contributed by atoms with Crippen LogP contribution in [0.25, 0.3) is 0 Å². The third kappa shape index (κ3) is 5.15. The number of nitrogens with one attached hydrogen (secondary N) is 1. The number of thiophene rings is 1. The molecule has 1 aliphatic heterocycles. The Kier molecular flexibility index (Phi) is 7.40. The number of rotatable bonds is 7. The van der Waals surface area contributed by atoms with Gasteiger partial charge in [0.15, 0.2) is 6.61 Å². The van der Waals surface area contributed by atoms with Crippen LogP contribution < -0.4 is 10.1 Å². The monoisotopic (exact) mass is 470 g/mol. The van der Waals surface area contributed by atoms with Crippen molar-refractivity contribution < 1.29 is 27.5 Å². The highest BCUT2D eigenvalue weighted by Crippen LogP contribution is 2.29. The van der Waals surface area contributed by atoms with Crippen LogP contribution in [0, 0.1) is 6.92 Å². The Morgan fingerprint density at radius 3 is 2.60 bits per heavy atom. The van der Waals surface area contributed by atoms with E-state index in [1.165, 1.54) is 17.5 Å². The lowest BCUT2D eigenvalue weighted by Gasteiger charge is -2.25. The van der Waals surface area contributed by atoms with Gasteiger partial charge in [-0.25, -0.2) is 13.2 Å². The van der Waals surface area contributed by atoms with E-state index < -0.39 is 21.9 Å². The lowest BCUT2D eigenvalue weighted by molar-refractivity contribution is -0.142. The van der Waals surface area contributed by atoms with E-state index in [2.05, 4.69) is 10.1 Å². The second-order valence-electron chi connectivity index (χ2n) is 6.43. The van der Waals surface area contributed by atoms with Crippen LogP contribution in [-0.2, 0) is 19.6 Å². The Hall–Kier alpha value is -2.08. The molecular weight excluding hydrogens is 448 g/mol. The fourth-order valence-electron chi connectivity index (χ4n) is 2.84. The number of esters is 1. The maximum atomic E-state index is 13.0. The molecule has 0 atom stereocenters. The van der Waals surface area contributed by atoms with Crippen LogP contribution in [0.15, 0.2) is 34.5 Å². The highest BCUT2D eigenvalue weighted by Gasteiger charge is 2.31. The van der Waals surface area contributed by atoms with Gasteiger partial charge in [0.25, 0.3) is 5.91 Å². The van der Waals surface area contributed by atoms with E-state index in [1.54, 1.807) is 42.3 Å². The van der Waals surface area contributed by atoms with Gasteiger partial charge in [-0.15, -0.1) is 11.3 Å². The van der Waals surface area contributed by atoms with Crippen molar-refractivity contribution in [3.63, 3.8) is 0 Å². The summed E-state index contributed by atoms with van der Waals surface area (Å²) in [5.74, 6) is 0.964. The van der Waals surface area contributed by atoms with Crippen molar-refractivity contribution in [1.82, 2.24) is 4.31 Å². The molecule has 0 aliphatic carbocycles. The highest BCUT2D eigenvalue weighted by atomic mass is 32.2. The number of nitrogens with zero attached hydrogens (tertiary/aromatic N) is 1. The fourth-order valence-corrected chi connectivity index (χ4v) is 6.71. The minimum Gasteiger partial charge on any atom is -0.482 e. The smallest absolute Gasteiger partial charge is 0.343 e. The van der Waals surface area contributed by atoms with Crippen LogP contribution in [0.1, 0.15) is 15.2 Å². The molecule has 0 bridgehead atoms. The average Bonchev–Trinajstić information content (AvgIpc) is 3.25. The van der Waals surface area contributed by atoms with Crippen LogP contribution in [0.5, 0.6) is 5.75 Å². The number of sulfonamides is 1. The van der Waals surface area contributed by atoms with E-state index in [0.717, 1.165) is 22.8 Å². The number of ether oxygens (including phenoxy) is 2. The highest BCUT2D eigenvalue weighted by molar-refractivity contribution is 7.99. The second kappa shape index (κ2) is 9.82.